The van der Waals surface area contributed by atoms with E-state index in [1.54, 1.807) is 0 Å². The van der Waals surface area contributed by atoms with E-state index in [4.69, 9.17) is 5.11 Å². The molecule has 0 atom stereocenters. The molecule has 2 N–H and O–H groups in total. The fourth-order valence-corrected chi connectivity index (χ4v) is 1.20. The van der Waals surface area contributed by atoms with Crippen molar-refractivity contribution in [2.24, 2.45) is 5.41 Å². The Morgan fingerprint density at radius 1 is 1.25 bits per heavy atom. The zero-order valence-corrected chi connectivity index (χ0v) is 12.1. The van der Waals surface area contributed by atoms with Gasteiger partial charge in [0, 0.05) is 20.0 Å². The van der Waals surface area contributed by atoms with E-state index in [1.807, 2.05) is 0 Å². The first-order chi connectivity index (χ1) is 9.10. The van der Waals surface area contributed by atoms with Crippen LogP contribution in [-0.4, -0.2) is 54.6 Å². The van der Waals surface area contributed by atoms with Gasteiger partial charge in [0.25, 0.3) is 0 Å². The van der Waals surface area contributed by atoms with Crippen molar-refractivity contribution in [1.29, 1.82) is 0 Å². The highest BCUT2D eigenvalue weighted by atomic mass is 16.5. The number of amides is 3. The summed E-state index contributed by atoms with van der Waals surface area (Å²) in [5, 5.41) is 10.9. The third kappa shape index (κ3) is 6.17. The molecule has 0 aliphatic heterocycles. The summed E-state index contributed by atoms with van der Waals surface area (Å²) in [6.45, 7) is 2.87. The zero-order chi connectivity index (χ0) is 15.9. The number of urea groups is 1. The van der Waals surface area contributed by atoms with Gasteiger partial charge < -0.3 is 14.7 Å². The highest BCUT2D eigenvalue weighted by Crippen LogP contribution is 2.19. The van der Waals surface area contributed by atoms with Crippen molar-refractivity contribution >= 4 is 23.9 Å². The van der Waals surface area contributed by atoms with Crippen LogP contribution >= 0.6 is 0 Å². The fourth-order valence-electron chi connectivity index (χ4n) is 1.20. The molecule has 0 fully saturated rings. The first-order valence-corrected chi connectivity index (χ1v) is 5.95. The molecule has 3 amide bonds. The van der Waals surface area contributed by atoms with Crippen LogP contribution in [0, 0.1) is 5.41 Å². The number of carboxylic acids is 1. The summed E-state index contributed by atoms with van der Waals surface area (Å²) < 4.78 is 4.42. The van der Waals surface area contributed by atoms with Gasteiger partial charge in [-0.05, 0) is 13.8 Å². The van der Waals surface area contributed by atoms with Gasteiger partial charge >= 0.3 is 18.0 Å². The number of esters is 1. The second-order valence-corrected chi connectivity index (χ2v) is 4.97. The van der Waals surface area contributed by atoms with Gasteiger partial charge in [-0.2, -0.15) is 0 Å². The number of carbonyl (C=O) groups is 4. The average molecular weight is 288 g/mol. The Hall–Kier alpha value is -2.12. The summed E-state index contributed by atoms with van der Waals surface area (Å²) in [7, 11) is 2.65. The van der Waals surface area contributed by atoms with Crippen molar-refractivity contribution in [3.05, 3.63) is 0 Å². The fraction of sp³-hybridized carbons (Fsp3) is 0.667. The van der Waals surface area contributed by atoms with E-state index in [0.29, 0.717) is 0 Å². The summed E-state index contributed by atoms with van der Waals surface area (Å²) >= 11 is 0. The van der Waals surface area contributed by atoms with E-state index in [1.165, 1.54) is 28.0 Å². The molecular formula is C12H20N2O6. The van der Waals surface area contributed by atoms with Crippen LogP contribution in [0.1, 0.15) is 26.7 Å². The molecule has 0 saturated heterocycles. The smallest absolute Gasteiger partial charge is 0.323 e. The highest BCUT2D eigenvalue weighted by molar-refractivity contribution is 5.96. The van der Waals surface area contributed by atoms with Crippen LogP contribution < -0.4 is 5.32 Å². The van der Waals surface area contributed by atoms with Crippen molar-refractivity contribution in [3.8, 4) is 0 Å². The minimum absolute atomic E-state index is 0.00916. The van der Waals surface area contributed by atoms with Gasteiger partial charge in [-0.25, -0.2) is 4.79 Å². The molecule has 0 aromatic carbocycles. The van der Waals surface area contributed by atoms with E-state index in [2.05, 4.69) is 10.1 Å². The van der Waals surface area contributed by atoms with Gasteiger partial charge in [-0.3, -0.25) is 19.7 Å². The van der Waals surface area contributed by atoms with Crippen molar-refractivity contribution in [1.82, 2.24) is 10.2 Å². The number of ether oxygens (including phenoxy) is 1. The van der Waals surface area contributed by atoms with Gasteiger partial charge in [-0.1, -0.05) is 0 Å². The van der Waals surface area contributed by atoms with Gasteiger partial charge in [0.1, 0.15) is 0 Å². The number of carbonyl (C=O) groups excluding carboxylic acids is 3. The van der Waals surface area contributed by atoms with Crippen LogP contribution in [-0.2, 0) is 19.1 Å². The largest absolute Gasteiger partial charge is 0.481 e. The molecule has 0 bridgehead atoms. The lowest BCUT2D eigenvalue weighted by atomic mass is 9.89. The molecule has 8 nitrogen and oxygen atoms in total. The van der Waals surface area contributed by atoms with Crippen molar-refractivity contribution in [2.75, 3.05) is 20.7 Å². The van der Waals surface area contributed by atoms with Crippen molar-refractivity contribution in [3.63, 3.8) is 0 Å². The van der Waals surface area contributed by atoms with E-state index >= 15 is 0 Å². The van der Waals surface area contributed by atoms with Crippen LogP contribution in [0.15, 0.2) is 0 Å². The standard InChI is InChI=1S/C12H20N2O6/c1-12(2,10(17)18)7-8(15)13-11(19)14(3)6-5-9(16)20-4/h5-7H2,1-4H3,(H,17,18)(H,13,15,19). The quantitative estimate of drug-likeness (QED) is 0.676. The lowest BCUT2D eigenvalue weighted by Crippen LogP contribution is -2.43. The maximum Gasteiger partial charge on any atom is 0.323 e. The first kappa shape index (κ1) is 17.9. The minimum atomic E-state index is -1.26. The number of imide groups is 1. The number of nitrogens with zero attached hydrogens (tertiary/aromatic N) is 1. The number of nitrogens with one attached hydrogen (secondary N) is 1. The van der Waals surface area contributed by atoms with Crippen LogP contribution in [0.4, 0.5) is 4.79 Å². The molecule has 0 aliphatic rings. The SMILES string of the molecule is COC(=O)CCN(C)C(=O)NC(=O)CC(C)(C)C(=O)O. The predicted octanol–water partition coefficient (Wildman–Crippen LogP) is 0.218. The summed E-state index contributed by atoms with van der Waals surface area (Å²) in [5.74, 6) is -2.28. The minimum Gasteiger partial charge on any atom is -0.481 e. The maximum absolute atomic E-state index is 11.6. The summed E-state index contributed by atoms with van der Waals surface area (Å²) in [6.07, 6.45) is -0.311. The topological polar surface area (TPSA) is 113 Å². The molecular weight excluding hydrogens is 268 g/mol. The molecule has 114 valence electrons. The first-order valence-electron chi connectivity index (χ1n) is 5.95. The molecule has 0 aromatic heterocycles. The number of rotatable bonds is 6. The normalized spacial score (nSPS) is 10.6. The lowest BCUT2D eigenvalue weighted by Gasteiger charge is -2.20. The Morgan fingerprint density at radius 2 is 1.80 bits per heavy atom. The summed E-state index contributed by atoms with van der Waals surface area (Å²) in [4.78, 5) is 46.1. The van der Waals surface area contributed by atoms with E-state index in [9.17, 15) is 19.2 Å². The van der Waals surface area contributed by atoms with E-state index in [-0.39, 0.29) is 19.4 Å². The summed E-state index contributed by atoms with van der Waals surface area (Å²) in [5.41, 5.74) is -1.26. The van der Waals surface area contributed by atoms with Crippen molar-refractivity contribution in [2.45, 2.75) is 26.7 Å². The third-order valence-electron chi connectivity index (χ3n) is 2.65. The van der Waals surface area contributed by atoms with E-state index < -0.39 is 29.3 Å². The van der Waals surface area contributed by atoms with Gasteiger partial charge in [0.2, 0.25) is 5.91 Å². The Kier molecular flexibility index (Phi) is 6.67. The van der Waals surface area contributed by atoms with Crippen LogP contribution in [0.2, 0.25) is 0 Å². The molecule has 0 radical (unpaired) electrons. The van der Waals surface area contributed by atoms with Crippen LogP contribution in [0.3, 0.4) is 0 Å². The molecule has 0 saturated carbocycles. The number of methoxy groups -OCH3 is 1. The Balaban J connectivity index is 4.29. The number of carboxylic acid groups (broad SMARTS) is 1. The van der Waals surface area contributed by atoms with Gasteiger partial charge in [-0.15, -0.1) is 0 Å². The molecule has 0 rings (SSSR count). The molecule has 0 aliphatic carbocycles. The number of hydrogen-bond donors (Lipinski definition) is 2. The van der Waals surface area contributed by atoms with Crippen LogP contribution in [0.5, 0.6) is 0 Å². The van der Waals surface area contributed by atoms with Crippen molar-refractivity contribution < 1.29 is 29.0 Å². The molecule has 0 unspecified atom stereocenters. The average Bonchev–Trinajstić information content (AvgIpc) is 2.34. The Morgan fingerprint density at radius 3 is 2.25 bits per heavy atom. The second-order valence-electron chi connectivity index (χ2n) is 4.97. The molecule has 0 heterocycles. The number of aliphatic carboxylic acids is 1. The van der Waals surface area contributed by atoms with Gasteiger partial charge in [0.15, 0.2) is 0 Å². The molecule has 0 aromatic rings. The molecule has 20 heavy (non-hydrogen) atoms. The predicted molar refractivity (Wildman–Crippen MR) is 68.8 cm³/mol. The lowest BCUT2D eigenvalue weighted by molar-refractivity contribution is -0.149. The van der Waals surface area contributed by atoms with Gasteiger partial charge in [0.05, 0.1) is 18.9 Å². The Bertz CT molecular complexity index is 405. The third-order valence-corrected chi connectivity index (χ3v) is 2.65. The number of hydrogen-bond acceptors (Lipinski definition) is 5. The summed E-state index contributed by atoms with van der Waals surface area (Å²) in [6, 6.07) is -0.694. The zero-order valence-electron chi connectivity index (χ0n) is 12.1. The second kappa shape index (κ2) is 7.46. The van der Waals surface area contributed by atoms with Crippen LogP contribution in [0.25, 0.3) is 0 Å². The molecule has 0 spiro atoms. The monoisotopic (exact) mass is 288 g/mol. The Labute approximate surface area is 117 Å². The van der Waals surface area contributed by atoms with E-state index in [0.717, 1.165) is 4.90 Å². The highest BCUT2D eigenvalue weighted by Gasteiger charge is 2.31. The maximum atomic E-state index is 11.6. The molecule has 8 heteroatoms.